The standard InChI is InChI=1S/C13H14N.C5H8.C4H10N.C2H8Si.Ti/c1-2-6-12-11(5-1)7-8-13(12)14-9-3-4-10-14;1-3-5-4-2;1-4(2,3)5;1-3-2;/h1-2,5-8H,3-4,9-10H2;3-5H,1H2,2H3;5H,1-3H3;3H2,1-2H3;/q;;-1;;+1. The van der Waals surface area contributed by atoms with Gasteiger partial charge in [0.15, 0.2) is 0 Å². The van der Waals surface area contributed by atoms with Gasteiger partial charge in [-0.15, -0.1) is 0 Å². The van der Waals surface area contributed by atoms with Gasteiger partial charge in [-0.25, -0.2) is 0 Å². The van der Waals surface area contributed by atoms with Crippen molar-refractivity contribution in [2.24, 2.45) is 0 Å². The summed E-state index contributed by atoms with van der Waals surface area (Å²) in [6.45, 7) is 19.2. The molecule has 1 aliphatic heterocycles. The fourth-order valence-corrected chi connectivity index (χ4v) is 5.05. The molecule has 0 radical (unpaired) electrons. The van der Waals surface area contributed by atoms with E-state index in [-0.39, 0.29) is 24.9 Å². The Labute approximate surface area is 185 Å². The van der Waals surface area contributed by atoms with Crippen LogP contribution in [0.1, 0.15) is 55.9 Å². The molecule has 0 aromatic heterocycles. The third-order valence-electron chi connectivity index (χ3n) is 4.27. The molecule has 0 spiro atoms. The van der Waals surface area contributed by atoms with E-state index < -0.39 is 0 Å². The van der Waals surface area contributed by atoms with Crippen LogP contribution in [-0.4, -0.2) is 33.0 Å². The molecule has 2 aliphatic rings. The first kappa shape index (κ1) is 25.2. The van der Waals surface area contributed by atoms with Crippen LogP contribution in [0.2, 0.25) is 13.1 Å². The number of likely N-dealkylation sites (tertiary alicyclic amines) is 1. The molecule has 28 heavy (non-hydrogen) atoms. The molecule has 1 unspecified atom stereocenters. The van der Waals surface area contributed by atoms with Gasteiger partial charge in [0.25, 0.3) is 0 Å². The molecule has 0 bridgehead atoms. The first-order valence-electron chi connectivity index (χ1n) is 10.7. The van der Waals surface area contributed by atoms with Gasteiger partial charge in [-0.1, -0.05) is 37.9 Å². The van der Waals surface area contributed by atoms with Gasteiger partial charge in [-0.2, -0.15) is 0 Å². The van der Waals surface area contributed by atoms with Gasteiger partial charge in [0.1, 0.15) is 0 Å². The van der Waals surface area contributed by atoms with E-state index in [1.807, 2.05) is 19.1 Å². The fourth-order valence-electron chi connectivity index (χ4n) is 3.12. The second-order valence-corrected chi connectivity index (χ2v) is 11.5. The van der Waals surface area contributed by atoms with Crippen molar-refractivity contribution in [3.05, 3.63) is 66.3 Å². The van der Waals surface area contributed by atoms with E-state index in [9.17, 15) is 0 Å². The van der Waals surface area contributed by atoms with E-state index in [1.165, 1.54) is 37.2 Å². The molecule has 1 N–H and O–H groups in total. The van der Waals surface area contributed by atoms with E-state index in [0.29, 0.717) is 13.7 Å². The van der Waals surface area contributed by atoms with Gasteiger partial charge in [0.2, 0.25) is 0 Å². The van der Waals surface area contributed by atoms with E-state index >= 15 is 0 Å². The molecule has 0 amide bonds. The summed E-state index contributed by atoms with van der Waals surface area (Å²) in [6, 6.07) is 9.01. The predicted octanol–water partition coefficient (Wildman–Crippen LogP) is 5.56. The zero-order chi connectivity index (χ0) is 21.0. The fraction of sp³-hybridized carbons (Fsp3) is 0.500. The third-order valence-corrected chi connectivity index (χ3v) is 6.90. The minimum absolute atomic E-state index is 0.201. The van der Waals surface area contributed by atoms with Gasteiger partial charge in [-0.3, -0.25) is 0 Å². The molecule has 3 rings (SSSR count). The van der Waals surface area contributed by atoms with Crippen LogP contribution in [0.5, 0.6) is 0 Å². The Morgan fingerprint density at radius 1 is 1.18 bits per heavy atom. The second-order valence-electron chi connectivity index (χ2n) is 8.30. The molecule has 1 aromatic rings. The minimum atomic E-state index is -0.201. The molecule has 2 nitrogen and oxygen atoms in total. The van der Waals surface area contributed by atoms with E-state index in [4.69, 9.17) is 0 Å². The maximum atomic E-state index is 3.78. The molecule has 1 saturated heterocycles. The molecule has 4 heteroatoms. The third kappa shape index (κ3) is 8.65. The number of nitrogens with one attached hydrogen (secondary N) is 1. The summed E-state index contributed by atoms with van der Waals surface area (Å²) in [7, 11) is 0.417. The molecular formula is C24H40N2SiTi. The van der Waals surface area contributed by atoms with Crippen molar-refractivity contribution in [1.82, 2.24) is 8.70 Å². The van der Waals surface area contributed by atoms with Crippen LogP contribution in [0.4, 0.5) is 0 Å². The normalized spacial score (nSPS) is 17.9. The van der Waals surface area contributed by atoms with Crippen LogP contribution < -0.4 is 3.80 Å². The van der Waals surface area contributed by atoms with Crippen LogP contribution in [0, 0.1) is 0 Å². The largest absolute Gasteiger partial charge is 0.0750 e. The van der Waals surface area contributed by atoms with Crippen molar-refractivity contribution in [3.8, 4) is 0 Å². The first-order chi connectivity index (χ1) is 13.4. The Kier molecular flexibility index (Phi) is 12.0. The molecule has 1 aromatic carbocycles. The molecular weight excluding hydrogens is 392 g/mol. The van der Waals surface area contributed by atoms with Crippen LogP contribution in [0.15, 0.2) is 55.1 Å². The van der Waals surface area contributed by atoms with Crippen LogP contribution in [0.3, 0.4) is 0 Å². The van der Waals surface area contributed by atoms with E-state index in [1.54, 1.807) is 11.6 Å². The summed E-state index contributed by atoms with van der Waals surface area (Å²) >= 11 is -0.201. The summed E-state index contributed by atoms with van der Waals surface area (Å²) in [5.41, 5.74) is 4.77. The van der Waals surface area contributed by atoms with Crippen molar-refractivity contribution < 1.29 is 19.4 Å². The average Bonchev–Trinajstić information content (AvgIpc) is 3.29. The maximum Gasteiger partial charge on any atom is 0.0135 e. The van der Waals surface area contributed by atoms with Crippen molar-refractivity contribution >= 4 is 15.2 Å². The quantitative estimate of drug-likeness (QED) is 0.495. The maximum absolute atomic E-state index is 3.78. The Hall–Kier alpha value is -0.869. The van der Waals surface area contributed by atoms with Crippen molar-refractivity contribution in [1.29, 1.82) is 0 Å². The number of rotatable bonds is 4. The van der Waals surface area contributed by atoms with Crippen LogP contribution in [-0.2, 0) is 19.4 Å². The Morgan fingerprint density at radius 3 is 2.29 bits per heavy atom. The number of fused-ring (bicyclic) bond motifs is 1. The molecule has 1 heterocycles. The van der Waals surface area contributed by atoms with Gasteiger partial charge >= 0.3 is 132 Å². The summed E-state index contributed by atoms with van der Waals surface area (Å²) < 4.78 is 4.42. The number of benzene rings is 1. The van der Waals surface area contributed by atoms with Gasteiger partial charge in [0.05, 0.1) is 0 Å². The van der Waals surface area contributed by atoms with Crippen molar-refractivity contribution in [2.45, 2.75) is 63.4 Å². The van der Waals surface area contributed by atoms with Gasteiger partial charge in [0, 0.05) is 9.52 Å². The zero-order valence-corrected chi connectivity index (χ0v) is 21.9. The number of nitrogens with zero attached hydrogens (tertiary/aromatic N) is 1. The summed E-state index contributed by atoms with van der Waals surface area (Å²) in [6.07, 6.45) is 10.8. The molecule has 1 atom stereocenters. The van der Waals surface area contributed by atoms with Gasteiger partial charge < -0.3 is 0 Å². The number of hydrogen-bond acceptors (Lipinski definition) is 2. The first-order valence-corrected chi connectivity index (χ1v) is 15.2. The summed E-state index contributed by atoms with van der Waals surface area (Å²) in [5, 5.41) is 0. The second kappa shape index (κ2) is 13.4. The van der Waals surface area contributed by atoms with Crippen LogP contribution >= 0.6 is 0 Å². The SMILES string of the molecule is C=CC=CC.CC(C)(C)[NH][Ti][CH]1C=C(N2CCCC2)c2ccccc21.C[SiH2]C. The van der Waals surface area contributed by atoms with Crippen LogP contribution in [0.25, 0.3) is 5.70 Å². The Balaban J connectivity index is 0.000000421. The van der Waals surface area contributed by atoms with Crippen molar-refractivity contribution in [3.63, 3.8) is 0 Å². The molecule has 1 fully saturated rings. The molecule has 1 aliphatic carbocycles. The number of hydrogen-bond donors (Lipinski definition) is 1. The van der Waals surface area contributed by atoms with E-state index in [0.717, 1.165) is 0 Å². The van der Waals surface area contributed by atoms with E-state index in [2.05, 4.69) is 79.5 Å². The summed E-state index contributed by atoms with van der Waals surface area (Å²) in [4.78, 5) is 2.59. The molecule has 0 saturated carbocycles. The smallest absolute Gasteiger partial charge is 0.0135 e. The monoisotopic (exact) mass is 432 g/mol. The number of allylic oxidation sites excluding steroid dienone is 4. The summed E-state index contributed by atoms with van der Waals surface area (Å²) in [5.74, 6) is 0. The zero-order valence-electron chi connectivity index (χ0n) is 18.9. The molecule has 154 valence electrons. The predicted molar refractivity (Wildman–Crippen MR) is 126 cm³/mol. The Bertz CT molecular complexity index is 640. The van der Waals surface area contributed by atoms with Crippen molar-refractivity contribution in [2.75, 3.05) is 13.1 Å². The van der Waals surface area contributed by atoms with Gasteiger partial charge in [-0.05, 0) is 6.92 Å². The average molecular weight is 433 g/mol. The topological polar surface area (TPSA) is 15.3 Å². The Morgan fingerprint density at radius 2 is 1.79 bits per heavy atom. The minimum Gasteiger partial charge on any atom is -0.0750 e.